The van der Waals surface area contributed by atoms with E-state index in [4.69, 9.17) is 25.5 Å². The number of fused-ring (bicyclic) bond motifs is 2. The number of hydrogen-bond donors (Lipinski definition) is 6. The van der Waals surface area contributed by atoms with Crippen LogP contribution < -0.4 is 11.5 Å². The lowest BCUT2D eigenvalue weighted by Crippen LogP contribution is -2.35. The highest BCUT2D eigenvalue weighted by Gasteiger charge is 2.50. The average molecular weight is 586 g/mol. The Kier molecular flexibility index (Phi) is 7.36. The summed E-state index contributed by atoms with van der Waals surface area (Å²) >= 11 is 0. The molecule has 4 aromatic rings. The van der Waals surface area contributed by atoms with Crippen molar-refractivity contribution in [3.63, 3.8) is 0 Å². The highest BCUT2D eigenvalue weighted by molar-refractivity contribution is 7.52. The zero-order chi connectivity index (χ0) is 27.9. The van der Waals surface area contributed by atoms with E-state index in [1.54, 1.807) is 4.57 Å². The van der Waals surface area contributed by atoms with Gasteiger partial charge in [-0.05, 0) is 0 Å². The highest BCUT2D eigenvalue weighted by Crippen LogP contribution is 2.50. The monoisotopic (exact) mass is 586 g/mol. The Hall–Kier alpha value is -3.12. The Balaban J connectivity index is 1.28. The molecule has 0 aromatic carbocycles. The summed E-state index contributed by atoms with van der Waals surface area (Å²) in [5, 5.41) is 11.0. The van der Waals surface area contributed by atoms with Gasteiger partial charge in [-0.15, -0.1) is 0 Å². The van der Waals surface area contributed by atoms with Crippen molar-refractivity contribution >= 4 is 49.2 Å². The quantitative estimate of drug-likeness (QED) is 0.0940. The number of anilines is 2. The van der Waals surface area contributed by atoms with Crippen LogP contribution in [0, 0.1) is 0 Å². The maximum atomic E-state index is 12.8. The highest BCUT2D eigenvalue weighted by atomic mass is 31.2. The number of aromatic nitrogens is 8. The smallest absolute Gasteiger partial charge is 0.353 e. The summed E-state index contributed by atoms with van der Waals surface area (Å²) in [5.41, 5.74) is 12.9. The molecule has 0 saturated carbocycles. The van der Waals surface area contributed by atoms with Gasteiger partial charge in [-0.25, -0.2) is 29.9 Å². The lowest BCUT2D eigenvalue weighted by Gasteiger charge is -2.23. The molecule has 1 fully saturated rings. The average Bonchev–Trinajstić information content (AvgIpc) is 3.54. The Bertz CT molecular complexity index is 1590. The van der Waals surface area contributed by atoms with Gasteiger partial charge >= 0.3 is 15.2 Å². The van der Waals surface area contributed by atoms with Gasteiger partial charge in [0.2, 0.25) is 0 Å². The molecule has 5 atom stereocenters. The van der Waals surface area contributed by atoms with Gasteiger partial charge in [0.25, 0.3) is 0 Å². The molecule has 19 nitrogen and oxygen atoms in total. The topological polar surface area (TPSA) is 282 Å². The fourth-order valence-corrected chi connectivity index (χ4v) is 6.01. The van der Waals surface area contributed by atoms with E-state index in [1.165, 1.54) is 23.5 Å². The first-order valence-electron chi connectivity index (χ1n) is 11.2. The van der Waals surface area contributed by atoms with Crippen LogP contribution in [-0.2, 0) is 29.7 Å². The number of nitrogen functional groups attached to an aromatic ring is 2. The maximum absolute atomic E-state index is 12.8. The van der Waals surface area contributed by atoms with E-state index < -0.39 is 52.2 Å². The Morgan fingerprint density at radius 1 is 1.00 bits per heavy atom. The van der Waals surface area contributed by atoms with Crippen LogP contribution in [0.4, 0.5) is 11.6 Å². The summed E-state index contributed by atoms with van der Waals surface area (Å²) < 4.78 is 43.7. The summed E-state index contributed by atoms with van der Waals surface area (Å²) in [6, 6.07) is 0. The fraction of sp³-hybridized carbons (Fsp3) is 0.444. The predicted octanol–water partition coefficient (Wildman–Crippen LogP) is -1.19. The van der Waals surface area contributed by atoms with Crippen LogP contribution in [0.2, 0.25) is 0 Å². The predicted molar refractivity (Wildman–Crippen MR) is 132 cm³/mol. The number of aliphatic hydroxyl groups excluding tert-OH is 1. The minimum absolute atomic E-state index is 0.0571. The zero-order valence-corrected chi connectivity index (χ0v) is 21.7. The van der Waals surface area contributed by atoms with Crippen LogP contribution in [0.5, 0.6) is 0 Å². The van der Waals surface area contributed by atoms with Crippen molar-refractivity contribution in [3.05, 3.63) is 25.3 Å². The fourth-order valence-electron chi connectivity index (χ4n) is 4.18. The summed E-state index contributed by atoms with van der Waals surface area (Å²) in [6.07, 6.45) is -2.63. The van der Waals surface area contributed by atoms with Crippen LogP contribution in [0.15, 0.2) is 25.3 Å². The van der Waals surface area contributed by atoms with E-state index in [2.05, 4.69) is 29.9 Å². The number of nitrogens with zero attached hydrogens (tertiary/aromatic N) is 8. The number of nitrogens with two attached hydrogens (primary N) is 2. The van der Waals surface area contributed by atoms with Crippen molar-refractivity contribution < 1.29 is 42.9 Å². The number of imidazole rings is 2. The Labute approximate surface area is 218 Å². The van der Waals surface area contributed by atoms with Crippen LogP contribution in [-0.4, -0.2) is 96.3 Å². The summed E-state index contributed by atoms with van der Waals surface area (Å²) in [6.45, 7) is 0.124. The van der Waals surface area contributed by atoms with Gasteiger partial charge in [-0.1, -0.05) is 0 Å². The molecule has 1 aliphatic rings. The van der Waals surface area contributed by atoms with E-state index in [-0.39, 0.29) is 36.0 Å². The molecule has 4 aromatic heterocycles. The van der Waals surface area contributed by atoms with E-state index >= 15 is 0 Å². The van der Waals surface area contributed by atoms with Crippen LogP contribution >= 0.6 is 15.2 Å². The van der Waals surface area contributed by atoms with Crippen LogP contribution in [0.3, 0.4) is 0 Å². The van der Waals surface area contributed by atoms with Crippen LogP contribution in [0.1, 0.15) is 6.23 Å². The molecule has 0 bridgehead atoms. The van der Waals surface area contributed by atoms with Gasteiger partial charge in [-0.2, -0.15) is 0 Å². The molecular formula is C18H24N10O9P2. The largest absolute Gasteiger partial charge is 0.386 e. The van der Waals surface area contributed by atoms with Crippen molar-refractivity contribution in [2.75, 3.05) is 30.6 Å². The summed E-state index contributed by atoms with van der Waals surface area (Å²) in [4.78, 5) is 53.4. The first-order chi connectivity index (χ1) is 18.4. The van der Waals surface area contributed by atoms with Crippen molar-refractivity contribution in [2.24, 2.45) is 0 Å². The van der Waals surface area contributed by atoms with E-state index in [1.807, 2.05) is 0 Å². The van der Waals surface area contributed by atoms with E-state index in [0.29, 0.717) is 11.2 Å². The normalized spacial score (nSPS) is 23.5. The van der Waals surface area contributed by atoms with Crippen molar-refractivity contribution in [3.8, 4) is 0 Å². The summed E-state index contributed by atoms with van der Waals surface area (Å²) in [7, 11) is -9.27. The lowest BCUT2D eigenvalue weighted by atomic mass is 10.1. The van der Waals surface area contributed by atoms with E-state index in [0.717, 1.165) is 6.33 Å². The first kappa shape index (κ1) is 27.4. The molecule has 8 N–H and O–H groups in total. The molecular weight excluding hydrogens is 562 g/mol. The molecule has 39 heavy (non-hydrogen) atoms. The third kappa shape index (κ3) is 5.76. The third-order valence-corrected chi connectivity index (χ3v) is 7.76. The minimum Gasteiger partial charge on any atom is -0.386 e. The van der Waals surface area contributed by atoms with Gasteiger partial charge in [-0.3, -0.25) is 18.2 Å². The standard InChI is InChI=1S/C18H24N10O9P2/c19-14-10-17(24-5-21-14)28(7-25-10)18-12(29)13(9(36-18)3-38(30,31)32)37-39(33,34)8-35-2-1-27-6-26-16-11(27)15(20)22-4-23-16/h4-7,9,12-13,18,29H,1-3,8H2,(H,33,34)(H2,19,21,24)(H2,20,22,23)(H2,30,31,32)/t9-,12-,13?,18-/m1/s1. The second-order valence-electron chi connectivity index (χ2n) is 8.60. The second kappa shape index (κ2) is 10.5. The molecule has 2 unspecified atom stereocenters. The first-order valence-corrected chi connectivity index (χ1v) is 14.8. The van der Waals surface area contributed by atoms with E-state index in [9.17, 15) is 28.9 Å². The number of hydrogen-bond acceptors (Lipinski definition) is 14. The number of ether oxygens (including phenoxy) is 2. The molecule has 1 saturated heterocycles. The van der Waals surface area contributed by atoms with Crippen molar-refractivity contribution in [2.45, 2.75) is 31.1 Å². The van der Waals surface area contributed by atoms with Crippen LogP contribution in [0.25, 0.3) is 22.3 Å². The number of rotatable bonds is 10. The Morgan fingerprint density at radius 3 is 2.51 bits per heavy atom. The SMILES string of the molecule is Nc1ncnc2c1ncn2[C@@H]1O[C@H](CP(=O)(O)O)C(OP(=O)(O)COCCn2cnc3ncnc(N)c32)[C@H]1O. The molecule has 0 spiro atoms. The zero-order valence-electron chi connectivity index (χ0n) is 19.9. The molecule has 0 amide bonds. The minimum atomic E-state index is -4.70. The third-order valence-electron chi connectivity index (χ3n) is 5.84. The lowest BCUT2D eigenvalue weighted by molar-refractivity contribution is -0.0299. The molecule has 21 heteroatoms. The van der Waals surface area contributed by atoms with Gasteiger partial charge in [0, 0.05) is 6.54 Å². The molecule has 0 radical (unpaired) electrons. The molecule has 1 aliphatic heterocycles. The van der Waals surface area contributed by atoms with Gasteiger partial charge in [0.05, 0.1) is 25.4 Å². The summed E-state index contributed by atoms with van der Waals surface area (Å²) in [5.74, 6) is 0.260. The van der Waals surface area contributed by atoms with Crippen molar-refractivity contribution in [1.82, 2.24) is 39.0 Å². The second-order valence-corrected chi connectivity index (χ2v) is 12.0. The molecule has 210 valence electrons. The molecule has 5 rings (SSSR count). The number of aliphatic hydroxyl groups is 1. The Morgan fingerprint density at radius 2 is 1.74 bits per heavy atom. The van der Waals surface area contributed by atoms with Gasteiger partial charge < -0.3 is 45.3 Å². The molecule has 5 heterocycles. The van der Waals surface area contributed by atoms with Gasteiger partial charge in [0.1, 0.15) is 48.3 Å². The van der Waals surface area contributed by atoms with Crippen molar-refractivity contribution in [1.29, 1.82) is 0 Å². The maximum Gasteiger partial charge on any atom is 0.353 e. The van der Waals surface area contributed by atoms with Gasteiger partial charge in [0.15, 0.2) is 29.2 Å². The molecule has 0 aliphatic carbocycles.